The molecule has 1 aliphatic heterocycles. The van der Waals surface area contributed by atoms with Crippen LogP contribution >= 0.6 is 0 Å². The third kappa shape index (κ3) is 2.82. The minimum absolute atomic E-state index is 0.236. The summed E-state index contributed by atoms with van der Waals surface area (Å²) in [5, 5.41) is 1.71. The number of nitrogens with one attached hydrogen (secondary N) is 1. The molecule has 5 heteroatoms. The Morgan fingerprint density at radius 2 is 1.57 bits per heavy atom. The molecule has 0 saturated carbocycles. The second-order valence-corrected chi connectivity index (χ2v) is 5.38. The van der Waals surface area contributed by atoms with E-state index >= 15 is 0 Å². The SMILES string of the molecule is CC1=C(c2c(F)cc(F)cc2F)C(c2ccccc2)=CN(C)N1. The van der Waals surface area contributed by atoms with E-state index < -0.39 is 17.5 Å². The summed E-state index contributed by atoms with van der Waals surface area (Å²) >= 11 is 0. The number of hydrogen-bond donors (Lipinski definition) is 1. The number of allylic oxidation sites excluding steroid dienone is 3. The Balaban J connectivity index is 2.24. The van der Waals surface area contributed by atoms with Gasteiger partial charge in [0.1, 0.15) is 17.5 Å². The van der Waals surface area contributed by atoms with Gasteiger partial charge in [-0.05, 0) is 12.5 Å². The summed E-state index contributed by atoms with van der Waals surface area (Å²) in [4.78, 5) is 0. The molecular formula is C18H15F3N2. The molecule has 0 atom stereocenters. The van der Waals surface area contributed by atoms with Crippen LogP contribution in [0, 0.1) is 17.5 Å². The summed E-state index contributed by atoms with van der Waals surface area (Å²) in [6, 6.07) is 10.7. The number of hydrazine groups is 1. The molecule has 2 aromatic carbocycles. The number of halogens is 3. The molecule has 0 saturated heterocycles. The van der Waals surface area contributed by atoms with E-state index in [1.807, 2.05) is 30.3 Å². The fourth-order valence-corrected chi connectivity index (χ4v) is 2.75. The summed E-state index contributed by atoms with van der Waals surface area (Å²) in [6.45, 7) is 1.73. The van der Waals surface area contributed by atoms with Crippen LogP contribution in [0.4, 0.5) is 13.2 Å². The monoisotopic (exact) mass is 316 g/mol. The Morgan fingerprint density at radius 1 is 0.957 bits per heavy atom. The molecule has 0 aromatic heterocycles. The average Bonchev–Trinajstić information content (AvgIpc) is 2.49. The molecule has 0 aliphatic carbocycles. The van der Waals surface area contributed by atoms with Crippen molar-refractivity contribution in [3.63, 3.8) is 0 Å². The maximum atomic E-state index is 14.3. The van der Waals surface area contributed by atoms with Crippen LogP contribution in [-0.2, 0) is 0 Å². The zero-order valence-electron chi connectivity index (χ0n) is 12.7. The molecule has 1 N–H and O–H groups in total. The van der Waals surface area contributed by atoms with E-state index in [4.69, 9.17) is 0 Å². The molecule has 0 amide bonds. The van der Waals surface area contributed by atoms with Crippen molar-refractivity contribution in [3.05, 3.63) is 82.9 Å². The first-order valence-corrected chi connectivity index (χ1v) is 7.10. The fraction of sp³-hybridized carbons (Fsp3) is 0.111. The van der Waals surface area contributed by atoms with Crippen molar-refractivity contribution in [2.75, 3.05) is 7.05 Å². The molecule has 118 valence electrons. The van der Waals surface area contributed by atoms with Gasteiger partial charge in [0.05, 0.1) is 5.56 Å². The first-order chi connectivity index (χ1) is 11.0. The van der Waals surface area contributed by atoms with Gasteiger partial charge in [0.25, 0.3) is 0 Å². The Morgan fingerprint density at radius 3 is 2.17 bits per heavy atom. The third-order valence-electron chi connectivity index (χ3n) is 3.65. The van der Waals surface area contributed by atoms with Crippen LogP contribution in [0.5, 0.6) is 0 Å². The van der Waals surface area contributed by atoms with Crippen LogP contribution in [0.1, 0.15) is 18.1 Å². The number of hydrogen-bond acceptors (Lipinski definition) is 2. The van der Waals surface area contributed by atoms with E-state index in [0.29, 0.717) is 29.0 Å². The molecular weight excluding hydrogens is 301 g/mol. The Labute approximate surface area is 132 Å². The molecule has 0 bridgehead atoms. The Bertz CT molecular complexity index is 787. The van der Waals surface area contributed by atoms with Crippen molar-refractivity contribution in [3.8, 4) is 0 Å². The fourth-order valence-electron chi connectivity index (χ4n) is 2.75. The predicted octanol–water partition coefficient (Wildman–Crippen LogP) is 4.33. The molecule has 1 heterocycles. The highest BCUT2D eigenvalue weighted by molar-refractivity contribution is 6.06. The first kappa shape index (κ1) is 15.2. The topological polar surface area (TPSA) is 15.3 Å². The van der Waals surface area contributed by atoms with Gasteiger partial charge >= 0.3 is 0 Å². The van der Waals surface area contributed by atoms with Crippen molar-refractivity contribution in [1.82, 2.24) is 10.4 Å². The van der Waals surface area contributed by atoms with E-state index in [9.17, 15) is 13.2 Å². The number of benzene rings is 2. The maximum Gasteiger partial charge on any atom is 0.136 e. The smallest absolute Gasteiger partial charge is 0.136 e. The Hall–Kier alpha value is -2.69. The largest absolute Gasteiger partial charge is 0.303 e. The first-order valence-electron chi connectivity index (χ1n) is 7.10. The van der Waals surface area contributed by atoms with Gasteiger partial charge in [-0.2, -0.15) is 0 Å². The van der Waals surface area contributed by atoms with Gasteiger partial charge in [0, 0.05) is 42.2 Å². The molecule has 3 rings (SSSR count). The average molecular weight is 316 g/mol. The van der Waals surface area contributed by atoms with Crippen molar-refractivity contribution in [1.29, 1.82) is 0 Å². The zero-order valence-corrected chi connectivity index (χ0v) is 12.7. The molecule has 0 spiro atoms. The molecule has 23 heavy (non-hydrogen) atoms. The van der Waals surface area contributed by atoms with Crippen LogP contribution in [0.15, 0.2) is 54.4 Å². The molecule has 2 nitrogen and oxygen atoms in total. The van der Waals surface area contributed by atoms with E-state index in [0.717, 1.165) is 5.56 Å². The van der Waals surface area contributed by atoms with Gasteiger partial charge in [0.15, 0.2) is 0 Å². The van der Waals surface area contributed by atoms with Crippen molar-refractivity contribution in [2.45, 2.75) is 6.92 Å². The van der Waals surface area contributed by atoms with Crippen LogP contribution < -0.4 is 5.43 Å². The number of rotatable bonds is 2. The minimum atomic E-state index is -0.937. The standard InChI is InChI=1S/C18H15F3N2/c1-11-17(18-15(20)8-13(19)9-16(18)21)14(10-23(2)22-11)12-6-4-3-5-7-12/h3-10,22H,1-2H3. The lowest BCUT2D eigenvalue weighted by Crippen LogP contribution is -2.32. The highest BCUT2D eigenvalue weighted by Crippen LogP contribution is 2.38. The maximum absolute atomic E-state index is 14.3. The van der Waals surface area contributed by atoms with Crippen molar-refractivity contribution < 1.29 is 13.2 Å². The summed E-state index contributed by atoms with van der Waals surface area (Å²) < 4.78 is 41.8. The molecule has 0 radical (unpaired) electrons. The summed E-state index contributed by atoms with van der Waals surface area (Å²) in [6.07, 6.45) is 1.75. The van der Waals surface area contributed by atoms with Crippen molar-refractivity contribution >= 4 is 11.1 Å². The molecule has 0 fully saturated rings. The Kier molecular flexibility index (Phi) is 3.86. The van der Waals surface area contributed by atoms with Gasteiger partial charge in [-0.15, -0.1) is 0 Å². The van der Waals surface area contributed by atoms with Gasteiger partial charge < -0.3 is 5.43 Å². The van der Waals surface area contributed by atoms with Crippen LogP contribution in [0.25, 0.3) is 11.1 Å². The van der Waals surface area contributed by atoms with Gasteiger partial charge in [0.2, 0.25) is 0 Å². The lowest BCUT2D eigenvalue weighted by atomic mass is 9.90. The molecule has 1 aliphatic rings. The summed E-state index contributed by atoms with van der Waals surface area (Å²) in [7, 11) is 1.79. The highest BCUT2D eigenvalue weighted by Gasteiger charge is 2.25. The molecule has 2 aromatic rings. The van der Waals surface area contributed by atoms with Gasteiger partial charge in [-0.3, -0.25) is 5.01 Å². The lowest BCUT2D eigenvalue weighted by molar-refractivity contribution is 0.368. The third-order valence-corrected chi connectivity index (χ3v) is 3.65. The number of nitrogens with zero attached hydrogens (tertiary/aromatic N) is 1. The van der Waals surface area contributed by atoms with Gasteiger partial charge in [-0.25, -0.2) is 13.2 Å². The highest BCUT2D eigenvalue weighted by atomic mass is 19.1. The van der Waals surface area contributed by atoms with Crippen LogP contribution in [-0.4, -0.2) is 12.1 Å². The van der Waals surface area contributed by atoms with E-state index in [-0.39, 0.29) is 5.56 Å². The van der Waals surface area contributed by atoms with E-state index in [1.54, 1.807) is 25.2 Å². The molecule has 0 unspecified atom stereocenters. The van der Waals surface area contributed by atoms with E-state index in [2.05, 4.69) is 5.43 Å². The van der Waals surface area contributed by atoms with Crippen LogP contribution in [0.3, 0.4) is 0 Å². The van der Waals surface area contributed by atoms with Gasteiger partial charge in [-0.1, -0.05) is 30.3 Å². The second-order valence-electron chi connectivity index (χ2n) is 5.38. The second kappa shape index (κ2) is 5.83. The zero-order chi connectivity index (χ0) is 16.6. The predicted molar refractivity (Wildman–Crippen MR) is 84.2 cm³/mol. The summed E-state index contributed by atoms with van der Waals surface area (Å²) in [5.74, 6) is -2.79. The normalized spacial score (nSPS) is 14.7. The lowest BCUT2D eigenvalue weighted by Gasteiger charge is -2.29. The van der Waals surface area contributed by atoms with Crippen LogP contribution in [0.2, 0.25) is 0 Å². The van der Waals surface area contributed by atoms with Crippen molar-refractivity contribution in [2.24, 2.45) is 0 Å². The summed E-state index contributed by atoms with van der Waals surface area (Å²) in [5.41, 5.74) is 5.21. The quantitative estimate of drug-likeness (QED) is 0.887. The minimum Gasteiger partial charge on any atom is -0.303 e. The van der Waals surface area contributed by atoms with E-state index in [1.165, 1.54) is 0 Å².